The Morgan fingerprint density at radius 3 is 2.83 bits per heavy atom. The molecule has 4 rings (SSSR count). The minimum Gasteiger partial charge on any atom is -0.455 e. The fourth-order valence-electron chi connectivity index (χ4n) is 2.10. The summed E-state index contributed by atoms with van der Waals surface area (Å²) in [6, 6.07) is 16.2. The predicted molar refractivity (Wildman–Crippen MR) is 72.4 cm³/mol. The molecule has 0 saturated heterocycles. The molecular formula is C15H9NOS. The maximum absolute atomic E-state index is 5.94. The molecule has 1 aromatic heterocycles. The van der Waals surface area contributed by atoms with Gasteiger partial charge in [-0.2, -0.15) is 0 Å². The Morgan fingerprint density at radius 2 is 1.83 bits per heavy atom. The van der Waals surface area contributed by atoms with E-state index >= 15 is 0 Å². The van der Waals surface area contributed by atoms with Gasteiger partial charge in [-0.3, -0.25) is 4.98 Å². The van der Waals surface area contributed by atoms with Crippen molar-refractivity contribution in [1.82, 2.24) is 4.98 Å². The lowest BCUT2D eigenvalue weighted by Crippen LogP contribution is -1.95. The van der Waals surface area contributed by atoms with Crippen LogP contribution in [0.25, 0.3) is 10.9 Å². The van der Waals surface area contributed by atoms with Crippen molar-refractivity contribution in [1.29, 1.82) is 0 Å². The number of nitrogens with zero attached hydrogens (tertiary/aromatic N) is 1. The second kappa shape index (κ2) is 3.75. The third-order valence-corrected chi connectivity index (χ3v) is 4.05. The molecule has 2 nitrogen and oxygen atoms in total. The van der Waals surface area contributed by atoms with Gasteiger partial charge in [0, 0.05) is 11.6 Å². The van der Waals surface area contributed by atoms with Crippen LogP contribution in [0.2, 0.25) is 0 Å². The number of para-hydroxylation sites is 1. The number of ether oxygens (including phenoxy) is 1. The summed E-state index contributed by atoms with van der Waals surface area (Å²) in [7, 11) is 0. The highest BCUT2D eigenvalue weighted by atomic mass is 32.2. The van der Waals surface area contributed by atoms with Crippen LogP contribution in [0, 0.1) is 0 Å². The minimum absolute atomic E-state index is 0.916. The van der Waals surface area contributed by atoms with Crippen LogP contribution < -0.4 is 4.74 Å². The third-order valence-electron chi connectivity index (χ3n) is 2.96. The number of hydrogen-bond donors (Lipinski definition) is 0. The maximum Gasteiger partial charge on any atom is 0.142 e. The van der Waals surface area contributed by atoms with Crippen LogP contribution in [0.15, 0.2) is 64.5 Å². The standard InChI is InChI=1S/C15H9NOS/c1-2-6-14-12(5-1)17-13-8-10-4-3-7-16-11(10)9-15(13)18-14/h1-9H. The van der Waals surface area contributed by atoms with Crippen molar-refractivity contribution in [2.75, 3.05) is 0 Å². The summed E-state index contributed by atoms with van der Waals surface area (Å²) in [6.45, 7) is 0. The highest BCUT2D eigenvalue weighted by molar-refractivity contribution is 7.99. The molecule has 18 heavy (non-hydrogen) atoms. The summed E-state index contributed by atoms with van der Waals surface area (Å²) < 4.78 is 5.94. The number of rotatable bonds is 0. The SMILES string of the molecule is c1ccc2c(c1)Oc1cc3cccnc3cc1S2. The van der Waals surface area contributed by atoms with Crippen molar-refractivity contribution in [2.24, 2.45) is 0 Å². The molecule has 3 heteroatoms. The Labute approximate surface area is 109 Å². The van der Waals surface area contributed by atoms with Gasteiger partial charge in [-0.15, -0.1) is 0 Å². The normalized spacial score (nSPS) is 12.7. The van der Waals surface area contributed by atoms with Crippen LogP contribution in [0.1, 0.15) is 0 Å². The quantitative estimate of drug-likeness (QED) is 0.459. The van der Waals surface area contributed by atoms with Gasteiger partial charge in [-0.1, -0.05) is 30.0 Å². The molecular weight excluding hydrogens is 242 g/mol. The molecule has 0 radical (unpaired) electrons. The van der Waals surface area contributed by atoms with E-state index in [4.69, 9.17) is 4.74 Å². The van der Waals surface area contributed by atoms with Gasteiger partial charge < -0.3 is 4.74 Å². The van der Waals surface area contributed by atoms with E-state index in [2.05, 4.69) is 29.2 Å². The number of fused-ring (bicyclic) bond motifs is 3. The fraction of sp³-hybridized carbons (Fsp3) is 0. The molecule has 0 saturated carbocycles. The minimum atomic E-state index is 0.916. The third kappa shape index (κ3) is 1.48. The summed E-state index contributed by atoms with van der Waals surface area (Å²) in [5, 5.41) is 1.11. The van der Waals surface area contributed by atoms with E-state index < -0.39 is 0 Å². The zero-order valence-electron chi connectivity index (χ0n) is 9.46. The molecule has 86 valence electrons. The van der Waals surface area contributed by atoms with Crippen molar-refractivity contribution in [3.8, 4) is 11.5 Å². The van der Waals surface area contributed by atoms with E-state index in [-0.39, 0.29) is 0 Å². The van der Waals surface area contributed by atoms with Gasteiger partial charge in [0.05, 0.1) is 15.3 Å². The highest BCUT2D eigenvalue weighted by Crippen LogP contribution is 2.47. The van der Waals surface area contributed by atoms with Gasteiger partial charge in [0.1, 0.15) is 11.5 Å². The smallest absolute Gasteiger partial charge is 0.142 e. The van der Waals surface area contributed by atoms with Crippen LogP contribution in [0.4, 0.5) is 0 Å². The van der Waals surface area contributed by atoms with Crippen LogP contribution in [0.5, 0.6) is 11.5 Å². The van der Waals surface area contributed by atoms with E-state index in [9.17, 15) is 0 Å². The van der Waals surface area contributed by atoms with E-state index in [0.29, 0.717) is 0 Å². The molecule has 1 aliphatic rings. The van der Waals surface area contributed by atoms with Crippen molar-refractivity contribution in [3.05, 3.63) is 54.7 Å². The Bertz CT molecular complexity index is 691. The first-order valence-corrected chi connectivity index (χ1v) is 6.55. The van der Waals surface area contributed by atoms with Crippen LogP contribution in [-0.2, 0) is 0 Å². The largest absolute Gasteiger partial charge is 0.455 e. The number of pyridine rings is 1. The lowest BCUT2D eigenvalue weighted by Gasteiger charge is -2.19. The summed E-state index contributed by atoms with van der Waals surface area (Å²) >= 11 is 1.73. The Kier molecular flexibility index (Phi) is 2.08. The highest BCUT2D eigenvalue weighted by Gasteiger charge is 2.17. The molecule has 0 bridgehead atoms. The van der Waals surface area contributed by atoms with Crippen LogP contribution in [-0.4, -0.2) is 4.98 Å². The Balaban J connectivity index is 1.92. The Hall–Kier alpha value is -2.00. The Morgan fingerprint density at radius 1 is 0.889 bits per heavy atom. The number of aromatic nitrogens is 1. The van der Waals surface area contributed by atoms with Crippen LogP contribution in [0.3, 0.4) is 0 Å². The zero-order valence-corrected chi connectivity index (χ0v) is 10.3. The monoisotopic (exact) mass is 251 g/mol. The van der Waals surface area contributed by atoms with Crippen molar-refractivity contribution < 1.29 is 4.74 Å². The van der Waals surface area contributed by atoms with E-state index in [1.165, 1.54) is 0 Å². The number of benzene rings is 2. The molecule has 1 aliphatic heterocycles. The molecule has 0 aliphatic carbocycles. The van der Waals surface area contributed by atoms with Gasteiger partial charge in [-0.05, 0) is 30.3 Å². The van der Waals surface area contributed by atoms with Crippen molar-refractivity contribution >= 4 is 22.7 Å². The molecule has 0 unspecified atom stereocenters. The van der Waals surface area contributed by atoms with Gasteiger partial charge >= 0.3 is 0 Å². The molecule has 0 atom stereocenters. The maximum atomic E-state index is 5.94. The summed E-state index contributed by atoms with van der Waals surface area (Å²) in [5.41, 5.74) is 1.01. The van der Waals surface area contributed by atoms with E-state index in [1.54, 1.807) is 11.8 Å². The molecule has 2 heterocycles. The summed E-state index contributed by atoms with van der Waals surface area (Å²) in [6.07, 6.45) is 1.82. The lowest BCUT2D eigenvalue weighted by molar-refractivity contribution is 0.455. The van der Waals surface area contributed by atoms with Gasteiger partial charge in [0.25, 0.3) is 0 Å². The van der Waals surface area contributed by atoms with E-state index in [0.717, 1.165) is 32.2 Å². The molecule has 0 N–H and O–H groups in total. The van der Waals surface area contributed by atoms with E-state index in [1.807, 2.05) is 30.5 Å². The topological polar surface area (TPSA) is 22.1 Å². The van der Waals surface area contributed by atoms with Gasteiger partial charge in [0.15, 0.2) is 0 Å². The van der Waals surface area contributed by atoms with Crippen molar-refractivity contribution in [3.63, 3.8) is 0 Å². The molecule has 3 aromatic rings. The second-order valence-electron chi connectivity index (χ2n) is 4.15. The van der Waals surface area contributed by atoms with Gasteiger partial charge in [0.2, 0.25) is 0 Å². The van der Waals surface area contributed by atoms with Gasteiger partial charge in [-0.25, -0.2) is 0 Å². The summed E-state index contributed by atoms with van der Waals surface area (Å²) in [5.74, 6) is 1.84. The number of hydrogen-bond acceptors (Lipinski definition) is 3. The predicted octanol–water partition coefficient (Wildman–Crippen LogP) is 4.49. The first kappa shape index (κ1) is 9.97. The molecule has 2 aromatic carbocycles. The average Bonchev–Trinajstić information content (AvgIpc) is 2.42. The van der Waals surface area contributed by atoms with Crippen LogP contribution >= 0.6 is 11.8 Å². The summed E-state index contributed by atoms with van der Waals surface area (Å²) in [4.78, 5) is 6.65. The second-order valence-corrected chi connectivity index (χ2v) is 5.23. The first-order chi connectivity index (χ1) is 8.90. The molecule has 0 amide bonds. The molecule has 0 spiro atoms. The first-order valence-electron chi connectivity index (χ1n) is 5.74. The zero-order chi connectivity index (χ0) is 11.9. The van der Waals surface area contributed by atoms with Crippen molar-refractivity contribution in [2.45, 2.75) is 9.79 Å². The fourth-order valence-corrected chi connectivity index (χ4v) is 3.06. The average molecular weight is 251 g/mol. The lowest BCUT2D eigenvalue weighted by atomic mass is 10.2. The molecule has 0 fully saturated rings.